The number of nitrogens with zero attached hydrogens (tertiary/aromatic N) is 1. The Hall–Kier alpha value is -2.89. The van der Waals surface area contributed by atoms with Crippen LogP contribution in [0.15, 0.2) is 30.3 Å². The third-order valence-corrected chi connectivity index (χ3v) is 6.16. The standard InChI is InChI=1S/C23H27N3O3/c1-15-6-10-26(11-7-15)18-4-2-17(3-5-18)24-23(27)25-21-19-9-13-28-20(19)14-16-8-12-29-22(16)21/h2-5,14-15H,6-13H2,1H3,(H2,24,25,27). The number of hydrogen-bond donors (Lipinski definition) is 2. The zero-order valence-electron chi connectivity index (χ0n) is 16.8. The number of ether oxygens (including phenoxy) is 2. The molecule has 2 amide bonds. The van der Waals surface area contributed by atoms with Crippen molar-refractivity contribution >= 4 is 23.1 Å². The lowest BCUT2D eigenvalue weighted by molar-refractivity contribution is 0.262. The van der Waals surface area contributed by atoms with Crippen molar-refractivity contribution in [3.8, 4) is 11.5 Å². The van der Waals surface area contributed by atoms with Gasteiger partial charge in [0.1, 0.15) is 11.5 Å². The predicted octanol–water partition coefficient (Wildman–Crippen LogP) is 4.44. The van der Waals surface area contributed by atoms with Crippen LogP contribution in [-0.2, 0) is 12.8 Å². The number of amides is 2. The molecule has 3 aliphatic rings. The van der Waals surface area contributed by atoms with Crippen molar-refractivity contribution in [2.75, 3.05) is 41.8 Å². The summed E-state index contributed by atoms with van der Waals surface area (Å²) in [4.78, 5) is 15.1. The Kier molecular flexibility index (Phi) is 4.70. The van der Waals surface area contributed by atoms with E-state index >= 15 is 0 Å². The number of anilines is 3. The first kappa shape index (κ1) is 18.2. The largest absolute Gasteiger partial charge is 0.493 e. The number of fused-ring (bicyclic) bond motifs is 2. The third-order valence-electron chi connectivity index (χ3n) is 6.16. The molecule has 0 aromatic heterocycles. The molecule has 2 N–H and O–H groups in total. The van der Waals surface area contributed by atoms with Gasteiger partial charge in [0, 0.05) is 48.4 Å². The molecule has 29 heavy (non-hydrogen) atoms. The Morgan fingerprint density at radius 1 is 1.03 bits per heavy atom. The Morgan fingerprint density at radius 3 is 2.59 bits per heavy atom. The van der Waals surface area contributed by atoms with E-state index in [0.29, 0.717) is 13.2 Å². The number of piperidine rings is 1. The SMILES string of the molecule is CC1CCN(c2ccc(NC(=O)Nc3c4c(cc5c3OCC5)OCC4)cc2)CC1. The molecule has 1 saturated heterocycles. The predicted molar refractivity (Wildman–Crippen MR) is 115 cm³/mol. The van der Waals surface area contributed by atoms with E-state index in [1.54, 1.807) is 0 Å². The van der Waals surface area contributed by atoms with Gasteiger partial charge in [-0.2, -0.15) is 0 Å². The van der Waals surface area contributed by atoms with E-state index in [9.17, 15) is 4.79 Å². The fourth-order valence-electron chi connectivity index (χ4n) is 4.42. The van der Waals surface area contributed by atoms with Crippen LogP contribution < -0.4 is 25.0 Å². The van der Waals surface area contributed by atoms with Crippen LogP contribution in [0.25, 0.3) is 0 Å². The second-order valence-electron chi connectivity index (χ2n) is 8.21. The van der Waals surface area contributed by atoms with Gasteiger partial charge in [-0.15, -0.1) is 0 Å². The molecule has 2 aromatic rings. The first-order chi connectivity index (χ1) is 14.2. The minimum Gasteiger partial charge on any atom is -0.493 e. The Morgan fingerprint density at radius 2 is 1.79 bits per heavy atom. The van der Waals surface area contributed by atoms with Crippen LogP contribution in [0.1, 0.15) is 30.9 Å². The van der Waals surface area contributed by atoms with Gasteiger partial charge in [-0.1, -0.05) is 6.92 Å². The summed E-state index contributed by atoms with van der Waals surface area (Å²) in [7, 11) is 0. The summed E-state index contributed by atoms with van der Waals surface area (Å²) in [6.07, 6.45) is 4.10. The van der Waals surface area contributed by atoms with Gasteiger partial charge < -0.3 is 25.0 Å². The summed E-state index contributed by atoms with van der Waals surface area (Å²) in [5.74, 6) is 2.47. The van der Waals surface area contributed by atoms with Crippen LogP contribution in [0.4, 0.5) is 21.9 Å². The van der Waals surface area contributed by atoms with Crippen molar-refractivity contribution < 1.29 is 14.3 Å². The van der Waals surface area contributed by atoms with E-state index in [1.165, 1.54) is 18.5 Å². The molecule has 2 aromatic carbocycles. The Balaban J connectivity index is 1.27. The van der Waals surface area contributed by atoms with Gasteiger partial charge in [-0.05, 0) is 49.1 Å². The Bertz CT molecular complexity index is 886. The van der Waals surface area contributed by atoms with Crippen LogP contribution in [0.3, 0.4) is 0 Å². The number of hydrogen-bond acceptors (Lipinski definition) is 4. The highest BCUT2D eigenvalue weighted by molar-refractivity contribution is 6.02. The zero-order chi connectivity index (χ0) is 19.8. The highest BCUT2D eigenvalue weighted by atomic mass is 16.5. The lowest BCUT2D eigenvalue weighted by Gasteiger charge is -2.32. The third kappa shape index (κ3) is 3.59. The average Bonchev–Trinajstić information content (AvgIpc) is 3.38. The van der Waals surface area contributed by atoms with Crippen LogP contribution in [0.2, 0.25) is 0 Å². The normalized spacial score (nSPS) is 17.9. The first-order valence-electron chi connectivity index (χ1n) is 10.5. The maximum atomic E-state index is 12.7. The summed E-state index contributed by atoms with van der Waals surface area (Å²) in [6.45, 7) is 5.80. The van der Waals surface area contributed by atoms with Gasteiger partial charge in [0.25, 0.3) is 0 Å². The van der Waals surface area contributed by atoms with E-state index in [1.807, 2.05) is 18.2 Å². The number of carbonyl (C=O) groups is 1. The molecule has 152 valence electrons. The molecule has 0 aliphatic carbocycles. The summed E-state index contributed by atoms with van der Waals surface area (Å²) < 4.78 is 11.5. The number of nitrogens with one attached hydrogen (secondary N) is 2. The molecule has 3 heterocycles. The fraction of sp³-hybridized carbons (Fsp3) is 0.435. The van der Waals surface area contributed by atoms with Crippen LogP contribution >= 0.6 is 0 Å². The van der Waals surface area contributed by atoms with E-state index in [4.69, 9.17) is 9.47 Å². The summed E-state index contributed by atoms with van der Waals surface area (Å²) in [5, 5.41) is 5.95. The molecule has 6 heteroatoms. The topological polar surface area (TPSA) is 62.8 Å². The van der Waals surface area contributed by atoms with Gasteiger partial charge >= 0.3 is 6.03 Å². The molecule has 5 rings (SSSR count). The Labute approximate surface area is 171 Å². The van der Waals surface area contributed by atoms with Gasteiger partial charge in [0.2, 0.25) is 0 Å². The molecule has 0 unspecified atom stereocenters. The van der Waals surface area contributed by atoms with Crippen molar-refractivity contribution in [3.63, 3.8) is 0 Å². The summed E-state index contributed by atoms with van der Waals surface area (Å²) in [5.41, 5.74) is 4.87. The fourth-order valence-corrected chi connectivity index (χ4v) is 4.42. The zero-order valence-corrected chi connectivity index (χ0v) is 16.8. The van der Waals surface area contributed by atoms with E-state index in [0.717, 1.165) is 65.8 Å². The van der Waals surface area contributed by atoms with Gasteiger partial charge in [0.05, 0.1) is 18.9 Å². The van der Waals surface area contributed by atoms with Crippen molar-refractivity contribution in [3.05, 3.63) is 41.5 Å². The molecule has 1 fully saturated rings. The van der Waals surface area contributed by atoms with Crippen molar-refractivity contribution in [2.45, 2.75) is 32.6 Å². The monoisotopic (exact) mass is 393 g/mol. The van der Waals surface area contributed by atoms with E-state index in [-0.39, 0.29) is 6.03 Å². The van der Waals surface area contributed by atoms with Crippen molar-refractivity contribution in [2.24, 2.45) is 5.92 Å². The second-order valence-corrected chi connectivity index (χ2v) is 8.21. The number of rotatable bonds is 3. The highest BCUT2D eigenvalue weighted by Crippen LogP contribution is 2.44. The highest BCUT2D eigenvalue weighted by Gasteiger charge is 2.27. The number of urea groups is 1. The first-order valence-corrected chi connectivity index (χ1v) is 10.5. The van der Waals surface area contributed by atoms with Crippen LogP contribution in [-0.4, -0.2) is 32.3 Å². The minimum absolute atomic E-state index is 0.262. The number of benzene rings is 2. The lowest BCUT2D eigenvalue weighted by atomic mass is 9.99. The average molecular weight is 393 g/mol. The summed E-state index contributed by atoms with van der Waals surface area (Å²) in [6, 6.07) is 9.88. The van der Waals surface area contributed by atoms with Crippen molar-refractivity contribution in [1.82, 2.24) is 0 Å². The van der Waals surface area contributed by atoms with Gasteiger partial charge in [0.15, 0.2) is 0 Å². The molecule has 0 saturated carbocycles. The molecule has 6 nitrogen and oxygen atoms in total. The molecular formula is C23H27N3O3. The van der Waals surface area contributed by atoms with Crippen molar-refractivity contribution in [1.29, 1.82) is 0 Å². The maximum absolute atomic E-state index is 12.7. The molecule has 0 spiro atoms. The molecule has 0 radical (unpaired) electrons. The minimum atomic E-state index is -0.262. The van der Waals surface area contributed by atoms with E-state index in [2.05, 4.69) is 34.6 Å². The quantitative estimate of drug-likeness (QED) is 0.809. The molecular weight excluding hydrogens is 366 g/mol. The lowest BCUT2D eigenvalue weighted by Crippen LogP contribution is -2.32. The van der Waals surface area contributed by atoms with Crippen LogP contribution in [0, 0.1) is 5.92 Å². The second kappa shape index (κ2) is 7.50. The summed E-state index contributed by atoms with van der Waals surface area (Å²) >= 11 is 0. The molecule has 0 bridgehead atoms. The van der Waals surface area contributed by atoms with Gasteiger partial charge in [-0.3, -0.25) is 0 Å². The smallest absolute Gasteiger partial charge is 0.323 e. The molecule has 3 aliphatic heterocycles. The molecule has 0 atom stereocenters. The van der Waals surface area contributed by atoms with Gasteiger partial charge in [-0.25, -0.2) is 4.79 Å². The maximum Gasteiger partial charge on any atom is 0.323 e. The van der Waals surface area contributed by atoms with E-state index < -0.39 is 0 Å². The number of carbonyl (C=O) groups excluding carboxylic acids is 1. The van der Waals surface area contributed by atoms with Crippen LogP contribution in [0.5, 0.6) is 11.5 Å².